The summed E-state index contributed by atoms with van der Waals surface area (Å²) in [5, 5.41) is 5.76. The van der Waals surface area contributed by atoms with Crippen LogP contribution < -0.4 is 20.7 Å². The standard InChI is InChI=1S/C42H56Si/c1-13-41(9,10)33-19-27-37(28-20-33)43(35-23-15-31(16-24-35)39(3,4)5,36-25-17-32(18-26-36)40(6,7)8)38-29-21-34(22-30-38)42(11,12)14-2/h15-30H,13-14H2,1-12H3. The molecule has 0 saturated heterocycles. The molecule has 0 aromatic heterocycles. The zero-order valence-corrected chi connectivity index (χ0v) is 30.2. The first kappa shape index (κ1) is 33.0. The number of benzene rings is 4. The van der Waals surface area contributed by atoms with E-state index in [0.717, 1.165) is 12.8 Å². The number of hydrogen-bond donors (Lipinski definition) is 0. The zero-order chi connectivity index (χ0) is 31.8. The van der Waals surface area contributed by atoms with Crippen LogP contribution in [0.25, 0.3) is 0 Å². The van der Waals surface area contributed by atoms with Crippen LogP contribution in [0.3, 0.4) is 0 Å². The highest BCUT2D eigenvalue weighted by Crippen LogP contribution is 2.29. The highest BCUT2D eigenvalue weighted by molar-refractivity contribution is 7.19. The summed E-state index contributed by atoms with van der Waals surface area (Å²) in [5.74, 6) is 0. The van der Waals surface area contributed by atoms with Crippen LogP contribution in [-0.4, -0.2) is 8.07 Å². The van der Waals surface area contributed by atoms with Crippen molar-refractivity contribution in [1.82, 2.24) is 0 Å². The third-order valence-corrected chi connectivity index (χ3v) is 15.1. The van der Waals surface area contributed by atoms with E-state index in [1.807, 2.05) is 0 Å². The lowest BCUT2D eigenvalue weighted by Gasteiger charge is -2.36. The minimum Gasteiger partial charge on any atom is -0.0646 e. The average Bonchev–Trinajstić information content (AvgIpc) is 2.98. The molecule has 0 spiro atoms. The van der Waals surface area contributed by atoms with Crippen molar-refractivity contribution >= 4 is 28.8 Å². The van der Waals surface area contributed by atoms with Crippen LogP contribution in [0.5, 0.6) is 0 Å². The van der Waals surface area contributed by atoms with Crippen LogP contribution in [0, 0.1) is 0 Å². The minimum absolute atomic E-state index is 0.109. The fourth-order valence-corrected chi connectivity index (χ4v) is 10.9. The van der Waals surface area contributed by atoms with Crippen molar-refractivity contribution < 1.29 is 0 Å². The van der Waals surface area contributed by atoms with Gasteiger partial charge in [-0.15, -0.1) is 0 Å². The summed E-state index contributed by atoms with van der Waals surface area (Å²) < 4.78 is 0. The summed E-state index contributed by atoms with van der Waals surface area (Å²) >= 11 is 0. The second kappa shape index (κ2) is 11.9. The predicted molar refractivity (Wildman–Crippen MR) is 194 cm³/mol. The Morgan fingerprint density at radius 2 is 0.558 bits per heavy atom. The lowest BCUT2D eigenvalue weighted by atomic mass is 9.82. The summed E-state index contributed by atoms with van der Waals surface area (Å²) in [7, 11) is -2.65. The second-order valence-electron chi connectivity index (χ2n) is 16.0. The van der Waals surface area contributed by atoms with Crippen LogP contribution in [0.1, 0.15) is 118 Å². The molecule has 0 unspecified atom stereocenters. The quantitative estimate of drug-likeness (QED) is 0.142. The molecule has 228 valence electrons. The van der Waals surface area contributed by atoms with E-state index in [1.165, 1.54) is 43.0 Å². The van der Waals surface area contributed by atoms with Gasteiger partial charge in [-0.1, -0.05) is 180 Å². The predicted octanol–water partition coefficient (Wildman–Crippen LogP) is 9.03. The van der Waals surface area contributed by atoms with Crippen molar-refractivity contribution in [3.05, 3.63) is 119 Å². The Morgan fingerprint density at radius 3 is 0.744 bits per heavy atom. The fourth-order valence-electron chi connectivity index (χ4n) is 6.19. The van der Waals surface area contributed by atoms with E-state index in [4.69, 9.17) is 0 Å². The van der Waals surface area contributed by atoms with Gasteiger partial charge in [0.05, 0.1) is 0 Å². The van der Waals surface area contributed by atoms with Gasteiger partial charge >= 0.3 is 0 Å². The molecule has 4 rings (SSSR count). The van der Waals surface area contributed by atoms with Gasteiger partial charge in [-0.25, -0.2) is 0 Å². The van der Waals surface area contributed by atoms with Gasteiger partial charge in [-0.05, 0) is 77.5 Å². The van der Waals surface area contributed by atoms with Gasteiger partial charge < -0.3 is 0 Å². The molecule has 0 fully saturated rings. The third kappa shape index (κ3) is 6.48. The summed E-state index contributed by atoms with van der Waals surface area (Å²) in [6.07, 6.45) is 2.23. The molecule has 0 aliphatic heterocycles. The molecule has 0 aliphatic carbocycles. The molecule has 0 amide bonds. The molecule has 0 heterocycles. The minimum atomic E-state index is -2.65. The monoisotopic (exact) mass is 588 g/mol. The van der Waals surface area contributed by atoms with E-state index in [0.29, 0.717) is 0 Å². The first-order valence-corrected chi connectivity index (χ1v) is 18.4. The molecule has 0 bridgehead atoms. The van der Waals surface area contributed by atoms with Crippen LogP contribution in [0.15, 0.2) is 97.1 Å². The molecule has 4 aromatic rings. The van der Waals surface area contributed by atoms with Crippen LogP contribution >= 0.6 is 0 Å². The van der Waals surface area contributed by atoms with E-state index in [2.05, 4.69) is 180 Å². The normalized spacial score (nSPS) is 13.3. The number of rotatable bonds is 8. The van der Waals surface area contributed by atoms with Gasteiger partial charge in [-0.3, -0.25) is 0 Å². The molecular weight excluding hydrogens is 533 g/mol. The lowest BCUT2D eigenvalue weighted by Crippen LogP contribution is -2.74. The molecule has 0 N–H and O–H groups in total. The second-order valence-corrected chi connectivity index (χ2v) is 19.8. The first-order chi connectivity index (χ1) is 20.0. The van der Waals surface area contributed by atoms with E-state index >= 15 is 0 Å². The van der Waals surface area contributed by atoms with E-state index in [9.17, 15) is 0 Å². The fraction of sp³-hybridized carbons (Fsp3) is 0.429. The molecule has 0 atom stereocenters. The van der Waals surface area contributed by atoms with E-state index < -0.39 is 8.07 Å². The van der Waals surface area contributed by atoms with Gasteiger partial charge in [-0.2, -0.15) is 0 Å². The smallest absolute Gasteiger partial charge is 0.0646 e. The van der Waals surface area contributed by atoms with Gasteiger partial charge in [0.2, 0.25) is 0 Å². The lowest BCUT2D eigenvalue weighted by molar-refractivity contribution is 0.506. The molecule has 1 heteroatoms. The Labute approximate surface area is 265 Å². The largest absolute Gasteiger partial charge is 0.179 e. The van der Waals surface area contributed by atoms with Crippen molar-refractivity contribution in [3.63, 3.8) is 0 Å². The molecule has 0 saturated carbocycles. The van der Waals surface area contributed by atoms with Crippen LogP contribution in [-0.2, 0) is 21.7 Å². The van der Waals surface area contributed by atoms with E-state index in [-0.39, 0.29) is 21.7 Å². The van der Waals surface area contributed by atoms with Gasteiger partial charge in [0, 0.05) is 0 Å². The Hall–Kier alpha value is -2.90. The van der Waals surface area contributed by atoms with Crippen molar-refractivity contribution in [2.45, 2.75) is 118 Å². The van der Waals surface area contributed by atoms with Crippen LogP contribution in [0.4, 0.5) is 0 Å². The molecule has 0 aliphatic rings. The maximum Gasteiger partial charge on any atom is 0.179 e. The average molecular weight is 589 g/mol. The Morgan fingerprint density at radius 1 is 0.349 bits per heavy atom. The summed E-state index contributed by atoms with van der Waals surface area (Å²) in [5.41, 5.74) is 6.10. The van der Waals surface area contributed by atoms with Crippen LogP contribution in [0.2, 0.25) is 0 Å². The summed E-state index contributed by atoms with van der Waals surface area (Å²) in [4.78, 5) is 0. The highest BCUT2D eigenvalue weighted by atomic mass is 28.3. The highest BCUT2D eigenvalue weighted by Gasteiger charge is 2.42. The van der Waals surface area contributed by atoms with Crippen molar-refractivity contribution in [2.75, 3.05) is 0 Å². The Balaban J connectivity index is 2.08. The number of hydrogen-bond acceptors (Lipinski definition) is 0. The maximum absolute atomic E-state index is 2.65. The first-order valence-electron chi connectivity index (χ1n) is 16.4. The Kier molecular flexibility index (Phi) is 9.12. The summed E-state index contributed by atoms with van der Waals surface area (Å²) in [6, 6.07) is 38.7. The molecule has 0 nitrogen and oxygen atoms in total. The molecule has 4 aromatic carbocycles. The maximum atomic E-state index is 2.46. The molecule has 0 radical (unpaired) electrons. The molecular formula is C42H56Si. The van der Waals surface area contributed by atoms with Gasteiger partial charge in [0.15, 0.2) is 8.07 Å². The molecule has 43 heavy (non-hydrogen) atoms. The van der Waals surface area contributed by atoms with Gasteiger partial charge in [0.1, 0.15) is 0 Å². The van der Waals surface area contributed by atoms with E-state index in [1.54, 1.807) is 0 Å². The Bertz CT molecular complexity index is 1370. The van der Waals surface area contributed by atoms with Crippen molar-refractivity contribution in [2.24, 2.45) is 0 Å². The van der Waals surface area contributed by atoms with Gasteiger partial charge in [0.25, 0.3) is 0 Å². The SMILES string of the molecule is CCC(C)(C)c1ccc([Si](c2ccc(C(C)(C)C)cc2)(c2ccc(C(C)(C)C)cc2)c2ccc(C(C)(C)CC)cc2)cc1. The third-order valence-electron chi connectivity index (χ3n) is 10.3. The topological polar surface area (TPSA) is 0 Å². The summed E-state index contributed by atoms with van der Waals surface area (Å²) in [6.45, 7) is 27.9. The van der Waals surface area contributed by atoms with Crippen molar-refractivity contribution in [1.29, 1.82) is 0 Å². The van der Waals surface area contributed by atoms with Crippen molar-refractivity contribution in [3.8, 4) is 0 Å². The zero-order valence-electron chi connectivity index (χ0n) is 29.2.